The first-order chi connectivity index (χ1) is 13.6. The van der Waals surface area contributed by atoms with Crippen LogP contribution in [0.1, 0.15) is 45.7 Å². The molecular formula is C21H21N3O4S. The Hall–Kier alpha value is -2.87. The number of carbonyl (C=O) groups excluding carboxylic acids is 3. The number of benzene rings is 1. The molecule has 29 heavy (non-hydrogen) atoms. The number of allylic oxidation sites excluding steroid dienone is 1. The van der Waals surface area contributed by atoms with Crippen LogP contribution in [0, 0.1) is 0 Å². The number of ether oxygens (including phenoxy) is 1. The van der Waals surface area contributed by atoms with Crippen LogP contribution in [-0.2, 0) is 14.4 Å². The topological polar surface area (TPSA) is 88.1 Å². The van der Waals surface area contributed by atoms with E-state index in [0.29, 0.717) is 23.5 Å². The molecule has 0 atom stereocenters. The summed E-state index contributed by atoms with van der Waals surface area (Å²) < 4.78 is 5.72. The third kappa shape index (κ3) is 2.98. The normalized spacial score (nSPS) is 21.8. The molecule has 1 aromatic rings. The van der Waals surface area contributed by atoms with Crippen molar-refractivity contribution in [2.45, 2.75) is 40.2 Å². The Morgan fingerprint density at radius 1 is 1.28 bits per heavy atom. The van der Waals surface area contributed by atoms with E-state index in [4.69, 9.17) is 4.74 Å². The van der Waals surface area contributed by atoms with Crippen molar-refractivity contribution in [3.63, 3.8) is 0 Å². The molecule has 0 saturated carbocycles. The average Bonchev–Trinajstić information content (AvgIpc) is 3.09. The van der Waals surface area contributed by atoms with E-state index in [-0.39, 0.29) is 21.9 Å². The van der Waals surface area contributed by atoms with E-state index in [1.807, 2.05) is 45.9 Å². The number of rotatable bonds is 2. The van der Waals surface area contributed by atoms with Crippen LogP contribution in [0.25, 0.3) is 11.1 Å². The number of anilines is 1. The van der Waals surface area contributed by atoms with Crippen LogP contribution >= 0.6 is 11.8 Å². The summed E-state index contributed by atoms with van der Waals surface area (Å²) in [6.45, 7) is 9.66. The molecule has 0 radical (unpaired) electrons. The Morgan fingerprint density at radius 3 is 2.62 bits per heavy atom. The minimum absolute atomic E-state index is 0.183. The van der Waals surface area contributed by atoms with Crippen molar-refractivity contribution in [1.82, 2.24) is 5.32 Å². The summed E-state index contributed by atoms with van der Waals surface area (Å²) in [5, 5.41) is 2.71. The molecule has 0 aromatic heterocycles. The number of thioether (sulfide) groups is 1. The fourth-order valence-corrected chi connectivity index (χ4v) is 4.98. The van der Waals surface area contributed by atoms with E-state index in [9.17, 15) is 14.4 Å². The van der Waals surface area contributed by atoms with Crippen LogP contribution in [0.2, 0.25) is 0 Å². The smallest absolute Gasteiger partial charge is 0.287 e. The maximum Gasteiger partial charge on any atom is 0.287 e. The second-order valence-electron chi connectivity index (χ2n) is 7.63. The summed E-state index contributed by atoms with van der Waals surface area (Å²) in [4.78, 5) is 43.3. The molecule has 3 heterocycles. The highest BCUT2D eigenvalue weighted by molar-refractivity contribution is 8.18. The predicted molar refractivity (Wildman–Crippen MR) is 114 cm³/mol. The molecule has 150 valence electrons. The van der Waals surface area contributed by atoms with E-state index in [1.54, 1.807) is 4.90 Å². The molecule has 0 aliphatic carbocycles. The van der Waals surface area contributed by atoms with Crippen molar-refractivity contribution in [3.8, 4) is 5.75 Å². The van der Waals surface area contributed by atoms with E-state index in [1.165, 1.54) is 6.92 Å². The molecule has 3 aliphatic rings. The van der Waals surface area contributed by atoms with Crippen molar-refractivity contribution in [2.24, 2.45) is 4.99 Å². The molecule has 0 fully saturated rings. The summed E-state index contributed by atoms with van der Waals surface area (Å²) in [6.07, 6.45) is 2.04. The number of hydrogen-bond acceptors (Lipinski definition) is 5. The molecule has 0 unspecified atom stereocenters. The van der Waals surface area contributed by atoms with Crippen LogP contribution in [0.15, 0.2) is 28.1 Å². The summed E-state index contributed by atoms with van der Waals surface area (Å²) in [7, 11) is 0. The maximum absolute atomic E-state index is 13.5. The molecule has 8 heteroatoms. The number of nitrogens with zero attached hydrogens (tertiary/aromatic N) is 2. The Kier molecular flexibility index (Phi) is 4.42. The molecular weight excluding hydrogens is 390 g/mol. The number of nitrogens with one attached hydrogen (secondary N) is 1. The van der Waals surface area contributed by atoms with Gasteiger partial charge in [-0.15, -0.1) is 0 Å². The molecule has 3 amide bonds. The van der Waals surface area contributed by atoms with Crippen LogP contribution in [0.4, 0.5) is 5.69 Å². The second-order valence-corrected chi connectivity index (χ2v) is 8.63. The van der Waals surface area contributed by atoms with Crippen molar-refractivity contribution in [2.75, 3.05) is 11.5 Å². The summed E-state index contributed by atoms with van der Waals surface area (Å²) in [6, 6.07) is 3.74. The van der Waals surface area contributed by atoms with E-state index < -0.39 is 11.4 Å². The first-order valence-corrected chi connectivity index (χ1v) is 10.1. The van der Waals surface area contributed by atoms with Crippen molar-refractivity contribution in [1.29, 1.82) is 0 Å². The van der Waals surface area contributed by atoms with Gasteiger partial charge in [-0.2, -0.15) is 4.99 Å². The van der Waals surface area contributed by atoms with E-state index >= 15 is 0 Å². The third-order valence-corrected chi connectivity index (χ3v) is 5.95. The standard InChI is InChI=1S/C21H21N3O4S/c1-6-28-12-7-13-10(2)9-21(4,5)24-16(13)14(8-12)15(19(24)27)17-18(26)23-20(29-17)22-11(3)25/h7-9H,6H2,1-5H3,(H,22,23,25,26)/b17-15-. The molecule has 3 aliphatic heterocycles. The summed E-state index contributed by atoms with van der Waals surface area (Å²) >= 11 is 1.01. The molecule has 1 aromatic carbocycles. The largest absolute Gasteiger partial charge is 0.494 e. The predicted octanol–water partition coefficient (Wildman–Crippen LogP) is 3.10. The SMILES string of the molecule is CCOc1cc2c3c(c1)/C(=C1/SC(NC(C)=O)=NC1=O)C(=O)N3C(C)(C)C=C2C. The minimum Gasteiger partial charge on any atom is -0.494 e. The molecule has 0 bridgehead atoms. The molecule has 0 spiro atoms. The Balaban J connectivity index is 1.94. The van der Waals surface area contributed by atoms with Crippen LogP contribution < -0.4 is 15.0 Å². The zero-order valence-corrected chi connectivity index (χ0v) is 17.7. The van der Waals surface area contributed by atoms with Crippen molar-refractivity contribution < 1.29 is 19.1 Å². The van der Waals surface area contributed by atoms with Crippen LogP contribution in [-0.4, -0.2) is 35.0 Å². The number of amidine groups is 1. The van der Waals surface area contributed by atoms with Gasteiger partial charge in [-0.05, 0) is 57.2 Å². The quantitative estimate of drug-likeness (QED) is 0.756. The third-order valence-electron chi connectivity index (χ3n) is 4.98. The molecule has 7 nitrogen and oxygen atoms in total. The zero-order chi connectivity index (χ0) is 21.1. The first-order valence-electron chi connectivity index (χ1n) is 9.32. The van der Waals surface area contributed by atoms with E-state index in [2.05, 4.69) is 10.3 Å². The van der Waals surface area contributed by atoms with Crippen LogP contribution in [0.5, 0.6) is 5.75 Å². The molecule has 0 saturated heterocycles. The Labute approximate surface area is 172 Å². The monoisotopic (exact) mass is 411 g/mol. The highest BCUT2D eigenvalue weighted by atomic mass is 32.2. The van der Waals surface area contributed by atoms with Crippen LogP contribution in [0.3, 0.4) is 0 Å². The highest BCUT2D eigenvalue weighted by Gasteiger charge is 2.47. The fraction of sp³-hybridized carbons (Fsp3) is 0.333. The van der Waals surface area contributed by atoms with Gasteiger partial charge in [0.1, 0.15) is 5.75 Å². The van der Waals surface area contributed by atoms with Gasteiger partial charge in [0, 0.05) is 18.1 Å². The zero-order valence-electron chi connectivity index (χ0n) is 16.9. The lowest BCUT2D eigenvalue weighted by Crippen LogP contribution is -2.46. The highest BCUT2D eigenvalue weighted by Crippen LogP contribution is 2.52. The van der Waals surface area contributed by atoms with E-state index in [0.717, 1.165) is 28.6 Å². The van der Waals surface area contributed by atoms with Gasteiger partial charge in [-0.1, -0.05) is 6.08 Å². The van der Waals surface area contributed by atoms with Gasteiger partial charge < -0.3 is 10.1 Å². The molecule has 1 N–H and O–H groups in total. The number of aliphatic imine (C=N–C) groups is 1. The van der Waals surface area contributed by atoms with Gasteiger partial charge in [0.15, 0.2) is 5.17 Å². The van der Waals surface area contributed by atoms with Gasteiger partial charge >= 0.3 is 0 Å². The van der Waals surface area contributed by atoms with Gasteiger partial charge in [-0.3, -0.25) is 19.3 Å². The molecule has 4 rings (SSSR count). The van der Waals surface area contributed by atoms with Gasteiger partial charge in [0.2, 0.25) is 5.91 Å². The Bertz CT molecular complexity index is 1080. The average molecular weight is 411 g/mol. The first kappa shape index (κ1) is 19.4. The second kappa shape index (κ2) is 6.59. The van der Waals surface area contributed by atoms with Gasteiger partial charge in [0.05, 0.1) is 28.3 Å². The fourth-order valence-electron chi connectivity index (χ4n) is 4.03. The Morgan fingerprint density at radius 2 is 1.97 bits per heavy atom. The van der Waals surface area contributed by atoms with Crippen molar-refractivity contribution >= 4 is 51.5 Å². The lowest BCUT2D eigenvalue weighted by Gasteiger charge is -2.38. The lowest BCUT2D eigenvalue weighted by molar-refractivity contribution is -0.117. The van der Waals surface area contributed by atoms with Gasteiger partial charge in [-0.25, -0.2) is 0 Å². The lowest BCUT2D eigenvalue weighted by atomic mass is 9.89. The minimum atomic E-state index is -0.550. The number of carbonyl (C=O) groups is 3. The summed E-state index contributed by atoms with van der Waals surface area (Å²) in [5.41, 5.74) is 3.15. The van der Waals surface area contributed by atoms with Gasteiger partial charge in [0.25, 0.3) is 11.8 Å². The van der Waals surface area contributed by atoms with Crippen molar-refractivity contribution in [3.05, 3.63) is 34.2 Å². The number of hydrogen-bond donors (Lipinski definition) is 1. The maximum atomic E-state index is 13.5. The number of amides is 3. The summed E-state index contributed by atoms with van der Waals surface area (Å²) in [5.74, 6) is -0.464.